The standard InChI is InChI=1S/C17H20N4O4/c1-19-11-18-16(21(23)24)17(19)20-9-7-13(8-10-20)15(22)12-3-5-14(25-2)6-4-12/h3-6,11,13H,7-10H2,1-2H3. The smallest absolute Gasteiger partial charge is 0.406 e. The first kappa shape index (κ1) is 16.9. The summed E-state index contributed by atoms with van der Waals surface area (Å²) in [5, 5.41) is 11.1. The Bertz CT molecular complexity index is 776. The third-order valence-electron chi connectivity index (χ3n) is 4.60. The Morgan fingerprint density at radius 3 is 2.48 bits per heavy atom. The minimum Gasteiger partial charge on any atom is -0.497 e. The van der Waals surface area contributed by atoms with Crippen molar-refractivity contribution < 1.29 is 14.5 Å². The van der Waals surface area contributed by atoms with E-state index in [1.54, 1.807) is 43.0 Å². The van der Waals surface area contributed by atoms with E-state index in [2.05, 4.69) is 4.98 Å². The maximum Gasteiger partial charge on any atom is 0.406 e. The molecule has 0 bridgehead atoms. The average molecular weight is 344 g/mol. The molecule has 0 atom stereocenters. The normalized spacial score (nSPS) is 15.2. The summed E-state index contributed by atoms with van der Waals surface area (Å²) in [5.41, 5.74) is 0.672. The molecule has 25 heavy (non-hydrogen) atoms. The highest BCUT2D eigenvalue weighted by Gasteiger charge is 2.31. The molecule has 1 aromatic carbocycles. The number of benzene rings is 1. The molecule has 0 spiro atoms. The zero-order chi connectivity index (χ0) is 18.0. The first-order valence-electron chi connectivity index (χ1n) is 8.10. The summed E-state index contributed by atoms with van der Waals surface area (Å²) in [6, 6.07) is 7.11. The van der Waals surface area contributed by atoms with Crippen molar-refractivity contribution in [3.63, 3.8) is 0 Å². The van der Waals surface area contributed by atoms with Gasteiger partial charge in [-0.15, -0.1) is 0 Å². The molecule has 2 aromatic rings. The Labute approximate surface area is 145 Å². The van der Waals surface area contributed by atoms with Gasteiger partial charge < -0.3 is 19.8 Å². The van der Waals surface area contributed by atoms with Crippen molar-refractivity contribution in [2.24, 2.45) is 13.0 Å². The molecule has 2 heterocycles. The third kappa shape index (κ3) is 3.33. The number of piperidine rings is 1. The number of anilines is 1. The summed E-state index contributed by atoms with van der Waals surface area (Å²) >= 11 is 0. The molecule has 3 rings (SSSR count). The van der Waals surface area contributed by atoms with Gasteiger partial charge in [0.2, 0.25) is 12.1 Å². The van der Waals surface area contributed by atoms with E-state index in [1.165, 1.54) is 6.33 Å². The first-order valence-corrected chi connectivity index (χ1v) is 8.10. The molecule has 1 aromatic heterocycles. The van der Waals surface area contributed by atoms with Crippen LogP contribution in [0.4, 0.5) is 11.6 Å². The molecule has 0 N–H and O–H groups in total. The highest BCUT2D eigenvalue weighted by molar-refractivity contribution is 5.98. The molecule has 0 saturated carbocycles. The fourth-order valence-corrected chi connectivity index (χ4v) is 3.25. The Morgan fingerprint density at radius 1 is 1.28 bits per heavy atom. The van der Waals surface area contributed by atoms with Crippen LogP contribution in [0.15, 0.2) is 30.6 Å². The van der Waals surface area contributed by atoms with Crippen LogP contribution in [-0.4, -0.2) is 40.5 Å². The maximum atomic E-state index is 12.6. The van der Waals surface area contributed by atoms with E-state index in [0.717, 1.165) is 5.75 Å². The quantitative estimate of drug-likeness (QED) is 0.470. The number of rotatable bonds is 5. The van der Waals surface area contributed by atoms with E-state index in [9.17, 15) is 14.9 Å². The van der Waals surface area contributed by atoms with Gasteiger partial charge in [0.15, 0.2) is 5.78 Å². The topological polar surface area (TPSA) is 90.5 Å². The van der Waals surface area contributed by atoms with Gasteiger partial charge >= 0.3 is 5.82 Å². The van der Waals surface area contributed by atoms with Crippen LogP contribution in [0.2, 0.25) is 0 Å². The van der Waals surface area contributed by atoms with E-state index < -0.39 is 4.92 Å². The Morgan fingerprint density at radius 2 is 1.92 bits per heavy atom. The zero-order valence-corrected chi connectivity index (χ0v) is 14.2. The van der Waals surface area contributed by atoms with Crippen molar-refractivity contribution in [2.75, 3.05) is 25.1 Å². The summed E-state index contributed by atoms with van der Waals surface area (Å²) in [6.07, 6.45) is 2.77. The lowest BCUT2D eigenvalue weighted by Crippen LogP contribution is -2.37. The number of nitrogens with zero attached hydrogens (tertiary/aromatic N) is 4. The first-order chi connectivity index (χ1) is 12.0. The monoisotopic (exact) mass is 344 g/mol. The number of ketones is 1. The van der Waals surface area contributed by atoms with Crippen molar-refractivity contribution in [2.45, 2.75) is 12.8 Å². The van der Waals surface area contributed by atoms with Crippen LogP contribution in [0.5, 0.6) is 5.75 Å². The number of hydrogen-bond acceptors (Lipinski definition) is 6. The molecule has 1 aliphatic rings. The number of Topliss-reactive ketones (excluding diaryl/α,β-unsaturated/α-hetero) is 1. The summed E-state index contributed by atoms with van der Waals surface area (Å²) < 4.78 is 6.77. The second kappa shape index (κ2) is 6.92. The molecule has 132 valence electrons. The molecule has 8 nitrogen and oxygen atoms in total. The van der Waals surface area contributed by atoms with Crippen molar-refractivity contribution in [1.29, 1.82) is 0 Å². The minimum atomic E-state index is -0.468. The van der Waals surface area contributed by atoms with Gasteiger partial charge in [-0.2, -0.15) is 0 Å². The third-order valence-corrected chi connectivity index (χ3v) is 4.60. The SMILES string of the molecule is COc1ccc(C(=O)C2CCN(c3c([N+](=O)[O-])ncn3C)CC2)cc1. The van der Waals surface area contributed by atoms with Gasteiger partial charge in [-0.1, -0.05) is 0 Å². The lowest BCUT2D eigenvalue weighted by Gasteiger charge is -2.32. The van der Waals surface area contributed by atoms with Gasteiger partial charge in [0.25, 0.3) is 0 Å². The summed E-state index contributed by atoms with van der Waals surface area (Å²) in [7, 11) is 3.33. The summed E-state index contributed by atoms with van der Waals surface area (Å²) in [6.45, 7) is 1.18. The Balaban J connectivity index is 1.68. The van der Waals surface area contributed by atoms with Crippen molar-refractivity contribution in [3.8, 4) is 5.75 Å². The van der Waals surface area contributed by atoms with E-state index in [1.807, 2.05) is 4.90 Å². The molecule has 1 saturated heterocycles. The minimum absolute atomic E-state index is 0.0723. The number of carbonyl (C=O) groups excluding carboxylic acids is 1. The van der Waals surface area contributed by atoms with Gasteiger partial charge in [-0.3, -0.25) is 9.36 Å². The fourth-order valence-electron chi connectivity index (χ4n) is 3.25. The molecule has 0 amide bonds. The number of aryl methyl sites for hydroxylation is 1. The van der Waals surface area contributed by atoms with Gasteiger partial charge in [0.05, 0.1) is 7.11 Å². The predicted octanol–water partition coefficient (Wildman–Crippen LogP) is 2.44. The molecular formula is C17H20N4O4. The van der Waals surface area contributed by atoms with Gasteiger partial charge in [0.1, 0.15) is 5.75 Å². The molecule has 0 radical (unpaired) electrons. The van der Waals surface area contributed by atoms with E-state index >= 15 is 0 Å². The number of hydrogen-bond donors (Lipinski definition) is 0. The van der Waals surface area contributed by atoms with Crippen LogP contribution in [0.25, 0.3) is 0 Å². The second-order valence-corrected chi connectivity index (χ2v) is 6.11. The molecule has 1 aliphatic heterocycles. The van der Waals surface area contributed by atoms with Crippen molar-refractivity contribution >= 4 is 17.4 Å². The molecule has 0 aliphatic carbocycles. The maximum absolute atomic E-state index is 12.6. The number of ether oxygens (including phenoxy) is 1. The van der Waals surface area contributed by atoms with Crippen molar-refractivity contribution in [3.05, 3.63) is 46.3 Å². The van der Waals surface area contributed by atoms with Crippen LogP contribution in [-0.2, 0) is 7.05 Å². The van der Waals surface area contributed by atoms with Gasteiger partial charge in [-0.25, -0.2) is 0 Å². The van der Waals surface area contributed by atoms with Gasteiger partial charge in [-0.05, 0) is 47.0 Å². The zero-order valence-electron chi connectivity index (χ0n) is 14.2. The van der Waals surface area contributed by atoms with Gasteiger partial charge in [0, 0.05) is 31.6 Å². The lowest BCUT2D eigenvalue weighted by molar-refractivity contribution is -0.388. The number of nitro groups is 1. The Kier molecular flexibility index (Phi) is 4.69. The second-order valence-electron chi connectivity index (χ2n) is 6.11. The van der Waals surface area contributed by atoms with Crippen LogP contribution in [0, 0.1) is 16.0 Å². The molecular weight excluding hydrogens is 324 g/mol. The molecule has 0 unspecified atom stereocenters. The fraction of sp³-hybridized carbons (Fsp3) is 0.412. The van der Waals surface area contributed by atoms with Crippen LogP contribution >= 0.6 is 0 Å². The number of aromatic nitrogens is 2. The number of methoxy groups -OCH3 is 1. The number of imidazole rings is 1. The largest absolute Gasteiger partial charge is 0.497 e. The van der Waals surface area contributed by atoms with Crippen LogP contribution < -0.4 is 9.64 Å². The lowest BCUT2D eigenvalue weighted by atomic mass is 9.89. The predicted molar refractivity (Wildman–Crippen MR) is 92.1 cm³/mol. The van der Waals surface area contributed by atoms with Crippen LogP contribution in [0.3, 0.4) is 0 Å². The molecule has 8 heteroatoms. The summed E-state index contributed by atoms with van der Waals surface area (Å²) in [4.78, 5) is 29.1. The van der Waals surface area contributed by atoms with Crippen LogP contribution in [0.1, 0.15) is 23.2 Å². The van der Waals surface area contributed by atoms with E-state index in [-0.39, 0.29) is 17.5 Å². The highest BCUT2D eigenvalue weighted by Crippen LogP contribution is 2.31. The molecule has 1 fully saturated rings. The Hall–Kier alpha value is -2.90. The van der Waals surface area contributed by atoms with E-state index in [4.69, 9.17) is 4.74 Å². The van der Waals surface area contributed by atoms with Crippen molar-refractivity contribution in [1.82, 2.24) is 9.55 Å². The summed E-state index contributed by atoms with van der Waals surface area (Å²) in [5.74, 6) is 1.12. The van der Waals surface area contributed by atoms with E-state index in [0.29, 0.717) is 37.3 Å². The highest BCUT2D eigenvalue weighted by atomic mass is 16.6. The average Bonchev–Trinajstić information content (AvgIpc) is 3.03. The number of carbonyl (C=O) groups is 1.